The van der Waals surface area contributed by atoms with Crippen molar-refractivity contribution in [3.8, 4) is 0 Å². The first-order valence-electron chi connectivity index (χ1n) is 9.31. The third-order valence-electron chi connectivity index (χ3n) is 4.58. The molecule has 3 aromatic carbocycles. The monoisotopic (exact) mass is 461 g/mol. The van der Waals surface area contributed by atoms with Crippen LogP contribution in [-0.4, -0.2) is 22.4 Å². The van der Waals surface area contributed by atoms with E-state index in [1.807, 2.05) is 0 Å². The number of nitrogens with zero attached hydrogens (tertiary/aromatic N) is 2. The van der Waals surface area contributed by atoms with Crippen LogP contribution in [-0.2, 0) is 13.0 Å². The van der Waals surface area contributed by atoms with Crippen molar-refractivity contribution in [2.45, 2.75) is 13.0 Å². The van der Waals surface area contributed by atoms with E-state index >= 15 is 0 Å². The number of halogens is 3. The summed E-state index contributed by atoms with van der Waals surface area (Å²) in [4.78, 5) is 25.2. The quantitative estimate of drug-likeness (QED) is 0.330. The first kappa shape index (κ1) is 22.5. The number of amides is 2. The van der Waals surface area contributed by atoms with Crippen molar-refractivity contribution < 1.29 is 14.1 Å². The molecule has 0 atom stereocenters. The van der Waals surface area contributed by atoms with Crippen molar-refractivity contribution in [2.24, 2.45) is 0 Å². The van der Waals surface area contributed by atoms with Crippen molar-refractivity contribution in [1.29, 1.82) is 0 Å². The lowest BCUT2D eigenvalue weighted by molar-refractivity contribution is -0.385. The van der Waals surface area contributed by atoms with Crippen LogP contribution in [0.4, 0.5) is 20.6 Å². The average molecular weight is 462 g/mol. The molecule has 0 radical (unpaired) electrons. The topological polar surface area (TPSA) is 75.5 Å². The summed E-state index contributed by atoms with van der Waals surface area (Å²) in [6.07, 6.45) is 0.396. The normalized spacial score (nSPS) is 10.5. The summed E-state index contributed by atoms with van der Waals surface area (Å²) < 4.78 is 13.5. The zero-order chi connectivity index (χ0) is 22.4. The third kappa shape index (κ3) is 6.16. The zero-order valence-corrected chi connectivity index (χ0v) is 17.7. The third-order valence-corrected chi connectivity index (χ3v) is 5.17. The van der Waals surface area contributed by atoms with Crippen LogP contribution >= 0.6 is 23.2 Å². The van der Waals surface area contributed by atoms with Crippen LogP contribution in [0.5, 0.6) is 0 Å². The van der Waals surface area contributed by atoms with Crippen molar-refractivity contribution in [3.05, 3.63) is 104 Å². The van der Waals surface area contributed by atoms with Crippen molar-refractivity contribution in [2.75, 3.05) is 11.9 Å². The fraction of sp³-hybridized carbons (Fsp3) is 0.136. The number of nitro benzene ring substituents is 1. The van der Waals surface area contributed by atoms with E-state index < -0.39 is 16.8 Å². The van der Waals surface area contributed by atoms with E-state index in [-0.39, 0.29) is 24.5 Å². The minimum absolute atomic E-state index is 0.0104. The van der Waals surface area contributed by atoms with Crippen LogP contribution in [0.25, 0.3) is 0 Å². The summed E-state index contributed by atoms with van der Waals surface area (Å²) in [6, 6.07) is 16.2. The standard InChI is InChI=1S/C22H18Cl2FN3O3/c23-17-9-8-15(20(24)12-17)10-11-27(14-16-4-1-2-7-21(16)28(30)31)22(29)26-19-6-3-5-18(25)13-19/h1-9,12-13H,10-11,14H2,(H,26,29). The molecule has 160 valence electrons. The maximum atomic E-state index is 13.5. The largest absolute Gasteiger partial charge is 0.322 e. The highest BCUT2D eigenvalue weighted by atomic mass is 35.5. The van der Waals surface area contributed by atoms with Gasteiger partial charge in [-0.3, -0.25) is 10.1 Å². The number of carbonyl (C=O) groups is 1. The molecular weight excluding hydrogens is 444 g/mol. The number of hydrogen-bond donors (Lipinski definition) is 1. The molecule has 0 unspecified atom stereocenters. The SMILES string of the molecule is O=C(Nc1cccc(F)c1)N(CCc1ccc(Cl)cc1Cl)Cc1ccccc1[N+](=O)[O-]. The minimum atomic E-state index is -0.520. The first-order valence-corrected chi connectivity index (χ1v) is 10.1. The van der Waals surface area contributed by atoms with Crippen LogP contribution in [0.3, 0.4) is 0 Å². The van der Waals surface area contributed by atoms with E-state index in [4.69, 9.17) is 23.2 Å². The number of carbonyl (C=O) groups excluding carboxylic acids is 1. The van der Waals surface area contributed by atoms with Gasteiger partial charge in [0.15, 0.2) is 0 Å². The number of rotatable bonds is 7. The number of para-hydroxylation sites is 1. The highest BCUT2D eigenvalue weighted by Gasteiger charge is 2.20. The fourth-order valence-electron chi connectivity index (χ4n) is 3.03. The van der Waals surface area contributed by atoms with Gasteiger partial charge in [0.05, 0.1) is 11.5 Å². The fourth-order valence-corrected chi connectivity index (χ4v) is 3.53. The predicted molar refractivity (Wildman–Crippen MR) is 119 cm³/mol. The van der Waals surface area contributed by atoms with Crippen molar-refractivity contribution >= 4 is 40.6 Å². The van der Waals surface area contributed by atoms with Gasteiger partial charge in [0.25, 0.3) is 5.69 Å². The summed E-state index contributed by atoms with van der Waals surface area (Å²) in [6.45, 7) is 0.206. The van der Waals surface area contributed by atoms with E-state index in [0.717, 1.165) is 5.56 Å². The molecule has 0 saturated carbocycles. The zero-order valence-electron chi connectivity index (χ0n) is 16.2. The predicted octanol–water partition coefficient (Wildman–Crippen LogP) is 6.32. The second kappa shape index (κ2) is 10.2. The molecule has 6 nitrogen and oxygen atoms in total. The minimum Gasteiger partial charge on any atom is -0.320 e. The van der Waals surface area contributed by atoms with Crippen LogP contribution in [0.15, 0.2) is 66.7 Å². The Labute approximate surface area is 188 Å². The smallest absolute Gasteiger partial charge is 0.320 e. The van der Waals surface area contributed by atoms with Crippen LogP contribution in [0.2, 0.25) is 10.0 Å². The lowest BCUT2D eigenvalue weighted by Gasteiger charge is -2.23. The van der Waals surface area contributed by atoms with Crippen molar-refractivity contribution in [1.82, 2.24) is 4.90 Å². The Morgan fingerprint density at radius 2 is 1.81 bits per heavy atom. The lowest BCUT2D eigenvalue weighted by Crippen LogP contribution is -2.36. The van der Waals surface area contributed by atoms with Crippen LogP contribution in [0, 0.1) is 15.9 Å². The molecule has 0 spiro atoms. The number of urea groups is 1. The van der Waals surface area contributed by atoms with Gasteiger partial charge in [-0.1, -0.05) is 53.5 Å². The van der Waals surface area contributed by atoms with E-state index in [9.17, 15) is 19.3 Å². The highest BCUT2D eigenvalue weighted by Crippen LogP contribution is 2.24. The lowest BCUT2D eigenvalue weighted by atomic mass is 10.1. The molecule has 3 rings (SSSR count). The maximum absolute atomic E-state index is 13.5. The Balaban J connectivity index is 1.83. The molecule has 1 N–H and O–H groups in total. The molecule has 0 aliphatic rings. The molecule has 0 fully saturated rings. The molecule has 31 heavy (non-hydrogen) atoms. The summed E-state index contributed by atoms with van der Waals surface area (Å²) in [5, 5.41) is 15.0. The molecule has 0 aliphatic heterocycles. The van der Waals surface area contributed by atoms with Gasteiger partial charge in [0.1, 0.15) is 5.82 Å². The summed E-state index contributed by atoms with van der Waals surface area (Å²) in [5.41, 5.74) is 1.35. The molecule has 9 heteroatoms. The molecule has 0 heterocycles. The number of anilines is 1. The van der Waals surface area contributed by atoms with E-state index in [1.54, 1.807) is 42.5 Å². The van der Waals surface area contributed by atoms with E-state index in [2.05, 4.69) is 5.32 Å². The molecule has 0 aromatic heterocycles. The van der Waals surface area contributed by atoms with Gasteiger partial charge in [-0.15, -0.1) is 0 Å². The van der Waals surface area contributed by atoms with Gasteiger partial charge in [0, 0.05) is 33.9 Å². The first-order chi connectivity index (χ1) is 14.8. The average Bonchev–Trinajstić information content (AvgIpc) is 2.72. The second-order valence-electron chi connectivity index (χ2n) is 6.73. The molecule has 0 aliphatic carbocycles. The van der Waals surface area contributed by atoms with Gasteiger partial charge in [-0.05, 0) is 42.3 Å². The molecule has 0 saturated heterocycles. The molecule has 0 bridgehead atoms. The molecule has 2 amide bonds. The number of hydrogen-bond acceptors (Lipinski definition) is 3. The van der Waals surface area contributed by atoms with Gasteiger partial charge < -0.3 is 10.2 Å². The van der Waals surface area contributed by atoms with E-state index in [1.165, 1.54) is 29.2 Å². The molecular formula is C22H18Cl2FN3O3. The van der Waals surface area contributed by atoms with E-state index in [0.29, 0.717) is 22.0 Å². The Morgan fingerprint density at radius 3 is 2.52 bits per heavy atom. The summed E-state index contributed by atoms with van der Waals surface area (Å²) >= 11 is 12.2. The number of nitro groups is 1. The number of nitrogens with one attached hydrogen (secondary N) is 1. The Kier molecular flexibility index (Phi) is 7.44. The second-order valence-corrected chi connectivity index (χ2v) is 7.58. The van der Waals surface area contributed by atoms with Gasteiger partial charge in [0.2, 0.25) is 0 Å². The van der Waals surface area contributed by atoms with Crippen LogP contribution in [0.1, 0.15) is 11.1 Å². The Bertz CT molecular complexity index is 1110. The summed E-state index contributed by atoms with van der Waals surface area (Å²) in [5.74, 6) is -0.490. The molecule has 3 aromatic rings. The van der Waals surface area contributed by atoms with Gasteiger partial charge >= 0.3 is 6.03 Å². The van der Waals surface area contributed by atoms with Crippen LogP contribution < -0.4 is 5.32 Å². The Morgan fingerprint density at radius 1 is 1.03 bits per heavy atom. The van der Waals surface area contributed by atoms with Gasteiger partial charge in [-0.25, -0.2) is 9.18 Å². The highest BCUT2D eigenvalue weighted by molar-refractivity contribution is 6.35. The Hall–Kier alpha value is -3.16. The maximum Gasteiger partial charge on any atom is 0.322 e. The number of benzene rings is 3. The van der Waals surface area contributed by atoms with Gasteiger partial charge in [-0.2, -0.15) is 0 Å². The summed E-state index contributed by atoms with van der Waals surface area (Å²) in [7, 11) is 0. The van der Waals surface area contributed by atoms with Crippen molar-refractivity contribution in [3.63, 3.8) is 0 Å².